The predicted molar refractivity (Wildman–Crippen MR) is 38.6 cm³/mol. The predicted octanol–water partition coefficient (Wildman–Crippen LogP) is 0.388. The van der Waals surface area contributed by atoms with Gasteiger partial charge in [-0.3, -0.25) is 4.79 Å². The number of aliphatic carboxylic acids is 1. The van der Waals surface area contributed by atoms with Crippen molar-refractivity contribution in [3.05, 3.63) is 24.8 Å². The van der Waals surface area contributed by atoms with E-state index in [4.69, 9.17) is 9.84 Å². The Kier molecular flexibility index (Phi) is 2.54. The van der Waals surface area contributed by atoms with Crippen LogP contribution in [0.3, 0.4) is 0 Å². The van der Waals surface area contributed by atoms with Crippen LogP contribution in [0.2, 0.25) is 0 Å². The fourth-order valence-electron chi connectivity index (χ4n) is 0.752. The van der Waals surface area contributed by atoms with E-state index in [1.165, 1.54) is 12.5 Å². The maximum absolute atomic E-state index is 10.2. The third-order valence-corrected chi connectivity index (χ3v) is 1.20. The highest BCUT2D eigenvalue weighted by molar-refractivity contribution is 5.69. The molecule has 1 aliphatic heterocycles. The number of nitrogens with zero attached hydrogens (tertiary/aromatic N) is 1. The highest BCUT2D eigenvalue weighted by Crippen LogP contribution is 1.96. The largest absolute Gasteiger partial charge is 0.480 e. The van der Waals surface area contributed by atoms with E-state index in [1.54, 1.807) is 17.2 Å². The number of hydrogen-bond acceptors (Lipinski definition) is 3. The molecule has 0 saturated carbocycles. The summed E-state index contributed by atoms with van der Waals surface area (Å²) in [7, 11) is 0. The number of carboxylic acids is 1. The quantitative estimate of drug-likeness (QED) is 0.626. The zero-order chi connectivity index (χ0) is 8.10. The lowest BCUT2D eigenvalue weighted by molar-refractivity contribution is -0.137. The zero-order valence-electron chi connectivity index (χ0n) is 5.93. The van der Waals surface area contributed by atoms with Gasteiger partial charge in [0.1, 0.15) is 12.8 Å². The van der Waals surface area contributed by atoms with Crippen molar-refractivity contribution in [2.75, 3.05) is 13.1 Å². The molecule has 0 aromatic rings. The van der Waals surface area contributed by atoms with Crippen LogP contribution in [-0.4, -0.2) is 29.1 Å². The number of ether oxygens (including phenoxy) is 1. The summed E-state index contributed by atoms with van der Waals surface area (Å²) in [4.78, 5) is 11.9. The smallest absolute Gasteiger partial charge is 0.323 e. The summed E-state index contributed by atoms with van der Waals surface area (Å²) in [5.41, 5.74) is 0. The molecular formula is C7H9NO3. The molecule has 0 aromatic heterocycles. The van der Waals surface area contributed by atoms with E-state index in [-0.39, 0.29) is 6.54 Å². The fraction of sp³-hybridized carbons (Fsp3) is 0.286. The number of rotatable bonds is 2. The van der Waals surface area contributed by atoms with Crippen molar-refractivity contribution in [1.82, 2.24) is 4.90 Å². The zero-order valence-corrected chi connectivity index (χ0v) is 5.93. The van der Waals surface area contributed by atoms with Gasteiger partial charge in [-0.25, -0.2) is 0 Å². The molecule has 0 spiro atoms. The molecule has 0 aliphatic carbocycles. The van der Waals surface area contributed by atoms with Gasteiger partial charge in [-0.05, 0) is 6.08 Å². The average molecular weight is 155 g/mol. The van der Waals surface area contributed by atoms with Crippen LogP contribution >= 0.6 is 0 Å². The summed E-state index contributed by atoms with van der Waals surface area (Å²) >= 11 is 0. The van der Waals surface area contributed by atoms with Crippen LogP contribution in [0.1, 0.15) is 0 Å². The molecule has 0 saturated heterocycles. The minimum atomic E-state index is -0.843. The Hall–Kier alpha value is -1.45. The van der Waals surface area contributed by atoms with Gasteiger partial charge in [0.2, 0.25) is 0 Å². The van der Waals surface area contributed by atoms with Crippen molar-refractivity contribution >= 4 is 5.97 Å². The monoisotopic (exact) mass is 155 g/mol. The molecule has 1 heterocycles. The first kappa shape index (κ1) is 7.65. The summed E-state index contributed by atoms with van der Waals surface area (Å²) in [6, 6.07) is 0. The minimum absolute atomic E-state index is 0.00417. The second kappa shape index (κ2) is 3.65. The Morgan fingerprint density at radius 2 is 2.45 bits per heavy atom. The summed E-state index contributed by atoms with van der Waals surface area (Å²) in [6.07, 6.45) is 6.34. The third-order valence-electron chi connectivity index (χ3n) is 1.20. The standard InChI is InChI=1S/C7H9NO3/c9-7(10)6-8-2-1-4-11-5-3-8/h1,3-5H,2,6H2,(H,9,10). The van der Waals surface area contributed by atoms with Gasteiger partial charge in [0, 0.05) is 12.7 Å². The van der Waals surface area contributed by atoms with Gasteiger partial charge in [0.25, 0.3) is 0 Å². The van der Waals surface area contributed by atoms with Crippen molar-refractivity contribution in [3.63, 3.8) is 0 Å². The van der Waals surface area contributed by atoms with Gasteiger partial charge in [0.15, 0.2) is 0 Å². The number of carboxylic acid groups (broad SMARTS) is 1. The van der Waals surface area contributed by atoms with E-state index >= 15 is 0 Å². The van der Waals surface area contributed by atoms with E-state index in [0.29, 0.717) is 6.54 Å². The molecule has 0 bridgehead atoms. The number of hydrogen-bond donors (Lipinski definition) is 1. The van der Waals surface area contributed by atoms with Crippen molar-refractivity contribution in [3.8, 4) is 0 Å². The van der Waals surface area contributed by atoms with Crippen LogP contribution in [0, 0.1) is 0 Å². The Bertz CT molecular complexity index is 198. The van der Waals surface area contributed by atoms with Crippen molar-refractivity contribution in [2.45, 2.75) is 0 Å². The van der Waals surface area contributed by atoms with Gasteiger partial charge in [-0.2, -0.15) is 0 Å². The first-order valence-corrected chi connectivity index (χ1v) is 3.22. The van der Waals surface area contributed by atoms with E-state index in [1.807, 2.05) is 0 Å². The first-order valence-electron chi connectivity index (χ1n) is 3.22. The van der Waals surface area contributed by atoms with Crippen molar-refractivity contribution in [1.29, 1.82) is 0 Å². The molecule has 1 aliphatic rings. The Balaban J connectivity index is 2.44. The third kappa shape index (κ3) is 2.75. The molecule has 4 nitrogen and oxygen atoms in total. The van der Waals surface area contributed by atoms with E-state index in [0.717, 1.165) is 0 Å². The Morgan fingerprint density at radius 3 is 3.18 bits per heavy atom. The maximum atomic E-state index is 10.2. The summed E-state index contributed by atoms with van der Waals surface area (Å²) < 4.78 is 4.81. The molecule has 0 unspecified atom stereocenters. The normalized spacial score (nSPS) is 15.8. The molecule has 0 amide bonds. The maximum Gasteiger partial charge on any atom is 0.323 e. The van der Waals surface area contributed by atoms with Gasteiger partial charge in [-0.15, -0.1) is 0 Å². The topological polar surface area (TPSA) is 49.8 Å². The SMILES string of the molecule is O=C(O)CN1C=COC=CC1. The van der Waals surface area contributed by atoms with Gasteiger partial charge >= 0.3 is 5.97 Å². The molecule has 11 heavy (non-hydrogen) atoms. The molecule has 0 atom stereocenters. The van der Waals surface area contributed by atoms with Gasteiger partial charge in [-0.1, -0.05) is 0 Å². The molecule has 1 rings (SSSR count). The van der Waals surface area contributed by atoms with Crippen LogP contribution in [0.4, 0.5) is 0 Å². The van der Waals surface area contributed by atoms with E-state index in [2.05, 4.69) is 0 Å². The highest BCUT2D eigenvalue weighted by atomic mass is 16.5. The molecule has 0 aromatic carbocycles. The van der Waals surface area contributed by atoms with Crippen LogP contribution in [0.15, 0.2) is 24.8 Å². The Morgan fingerprint density at radius 1 is 1.64 bits per heavy atom. The van der Waals surface area contributed by atoms with E-state index in [9.17, 15) is 4.79 Å². The summed E-state index contributed by atoms with van der Waals surface area (Å²) in [5, 5.41) is 8.42. The van der Waals surface area contributed by atoms with Crippen molar-refractivity contribution in [2.24, 2.45) is 0 Å². The fourth-order valence-corrected chi connectivity index (χ4v) is 0.752. The highest BCUT2D eigenvalue weighted by Gasteiger charge is 2.03. The average Bonchev–Trinajstić information content (AvgIpc) is 2.14. The van der Waals surface area contributed by atoms with Crippen LogP contribution < -0.4 is 0 Å². The lowest BCUT2D eigenvalue weighted by Gasteiger charge is -2.12. The van der Waals surface area contributed by atoms with Gasteiger partial charge in [0.05, 0.1) is 6.26 Å². The van der Waals surface area contributed by atoms with Crippen LogP contribution in [0.25, 0.3) is 0 Å². The van der Waals surface area contributed by atoms with Crippen LogP contribution in [0.5, 0.6) is 0 Å². The second-order valence-corrected chi connectivity index (χ2v) is 2.12. The molecule has 0 fully saturated rings. The van der Waals surface area contributed by atoms with Crippen molar-refractivity contribution < 1.29 is 14.6 Å². The molecular weight excluding hydrogens is 146 g/mol. The Labute approximate surface area is 64.4 Å². The van der Waals surface area contributed by atoms with E-state index < -0.39 is 5.97 Å². The lowest BCUT2D eigenvalue weighted by atomic mass is 10.5. The summed E-state index contributed by atoms with van der Waals surface area (Å²) in [5.74, 6) is -0.843. The second-order valence-electron chi connectivity index (χ2n) is 2.12. The number of carbonyl (C=O) groups is 1. The first-order chi connectivity index (χ1) is 5.29. The molecule has 1 N–H and O–H groups in total. The molecule has 4 heteroatoms. The van der Waals surface area contributed by atoms with Crippen LogP contribution in [-0.2, 0) is 9.53 Å². The minimum Gasteiger partial charge on any atom is -0.480 e. The lowest BCUT2D eigenvalue weighted by Crippen LogP contribution is -2.24. The molecule has 60 valence electrons. The molecule has 0 radical (unpaired) electrons. The summed E-state index contributed by atoms with van der Waals surface area (Å²) in [6.45, 7) is 0.576. The van der Waals surface area contributed by atoms with Gasteiger partial charge < -0.3 is 14.7 Å².